The summed E-state index contributed by atoms with van der Waals surface area (Å²) in [6.45, 7) is 4.58. The van der Waals surface area contributed by atoms with Crippen molar-refractivity contribution >= 4 is 17.6 Å². The monoisotopic (exact) mass is 462 g/mol. The minimum absolute atomic E-state index is 0.194. The average Bonchev–Trinajstić information content (AvgIpc) is 2.82. The van der Waals surface area contributed by atoms with Crippen LogP contribution in [0.3, 0.4) is 0 Å². The van der Waals surface area contributed by atoms with Gasteiger partial charge in [0, 0.05) is 18.0 Å². The molecule has 5 nitrogen and oxygen atoms in total. The Morgan fingerprint density at radius 2 is 1.91 bits per heavy atom. The van der Waals surface area contributed by atoms with Crippen LogP contribution in [0.4, 0.5) is 4.39 Å². The van der Waals surface area contributed by atoms with Crippen molar-refractivity contribution in [1.29, 1.82) is 0 Å². The number of rotatable bonds is 10. The van der Waals surface area contributed by atoms with E-state index in [1.54, 1.807) is 0 Å². The standard InChI is InChI=1S/C25H32ClFN2O3/c1-3-5-6-22(27)25(30)32-20-10-7-18(8-11-20)16-31-23-12-9-19(13-21(23)26)24-28-14-17(4-2)15-29-24/h9,12-15,18,20,22H,3-8,10-11,16H2,1-2H3/t18?,20?,22-/m0/s1. The van der Waals surface area contributed by atoms with Gasteiger partial charge in [0.15, 0.2) is 12.0 Å². The van der Waals surface area contributed by atoms with Gasteiger partial charge < -0.3 is 9.47 Å². The van der Waals surface area contributed by atoms with Crippen LogP contribution in [0.25, 0.3) is 11.4 Å². The highest BCUT2D eigenvalue weighted by atomic mass is 35.5. The Bertz CT molecular complexity index is 870. The highest BCUT2D eigenvalue weighted by Crippen LogP contribution is 2.32. The fraction of sp³-hybridized carbons (Fsp3) is 0.560. The molecular formula is C25H32ClFN2O3. The molecule has 0 aliphatic heterocycles. The van der Waals surface area contributed by atoms with E-state index in [4.69, 9.17) is 21.1 Å². The van der Waals surface area contributed by atoms with E-state index in [2.05, 4.69) is 16.9 Å². The number of aromatic nitrogens is 2. The maximum atomic E-state index is 13.8. The first-order valence-corrected chi connectivity index (χ1v) is 12.0. The number of carbonyl (C=O) groups excluding carboxylic acids is 1. The van der Waals surface area contributed by atoms with Crippen molar-refractivity contribution in [1.82, 2.24) is 9.97 Å². The van der Waals surface area contributed by atoms with Crippen LogP contribution in [0.2, 0.25) is 5.02 Å². The molecule has 0 amide bonds. The lowest BCUT2D eigenvalue weighted by atomic mass is 9.88. The fourth-order valence-corrected chi connectivity index (χ4v) is 4.04. The first-order valence-electron chi connectivity index (χ1n) is 11.6. The number of alkyl halides is 1. The molecule has 1 fully saturated rings. The Balaban J connectivity index is 1.45. The van der Waals surface area contributed by atoms with Gasteiger partial charge >= 0.3 is 5.97 Å². The zero-order valence-electron chi connectivity index (χ0n) is 18.9. The molecule has 0 bridgehead atoms. The molecule has 0 spiro atoms. The van der Waals surface area contributed by atoms with Crippen LogP contribution in [0.15, 0.2) is 30.6 Å². The summed E-state index contributed by atoms with van der Waals surface area (Å²) in [6.07, 6.45) is 7.87. The number of halogens is 2. The van der Waals surface area contributed by atoms with Gasteiger partial charge in [0.1, 0.15) is 11.9 Å². The van der Waals surface area contributed by atoms with Crippen LogP contribution < -0.4 is 4.74 Å². The molecule has 7 heteroatoms. The van der Waals surface area contributed by atoms with Crippen molar-refractivity contribution in [3.05, 3.63) is 41.2 Å². The molecule has 3 rings (SSSR count). The van der Waals surface area contributed by atoms with Crippen LogP contribution in [-0.4, -0.2) is 34.8 Å². The SMILES string of the molecule is CCCC[C@H](F)C(=O)OC1CCC(COc2ccc(-c3ncc(CC)cn3)cc2Cl)CC1. The molecule has 0 N–H and O–H groups in total. The normalized spacial score (nSPS) is 19.4. The summed E-state index contributed by atoms with van der Waals surface area (Å²) in [5.41, 5.74) is 1.93. The van der Waals surface area contributed by atoms with E-state index in [0.29, 0.717) is 35.5 Å². The fourth-order valence-electron chi connectivity index (χ4n) is 3.81. The number of unbranched alkanes of at least 4 members (excludes halogenated alkanes) is 1. The summed E-state index contributed by atoms with van der Waals surface area (Å²) >= 11 is 6.43. The van der Waals surface area contributed by atoms with Gasteiger partial charge in [-0.15, -0.1) is 0 Å². The predicted molar refractivity (Wildman–Crippen MR) is 124 cm³/mol. The third-order valence-electron chi connectivity index (χ3n) is 5.92. The van der Waals surface area contributed by atoms with Gasteiger partial charge in [-0.2, -0.15) is 0 Å². The van der Waals surface area contributed by atoms with E-state index in [-0.39, 0.29) is 12.5 Å². The second-order valence-corrected chi connectivity index (χ2v) is 8.82. The Morgan fingerprint density at radius 1 is 1.19 bits per heavy atom. The first kappa shape index (κ1) is 24.4. The largest absolute Gasteiger partial charge is 0.492 e. The lowest BCUT2D eigenvalue weighted by molar-refractivity contribution is -0.157. The van der Waals surface area contributed by atoms with Gasteiger partial charge in [-0.3, -0.25) is 0 Å². The van der Waals surface area contributed by atoms with E-state index in [9.17, 15) is 9.18 Å². The number of esters is 1. The molecule has 1 atom stereocenters. The first-order chi connectivity index (χ1) is 15.5. The van der Waals surface area contributed by atoms with Crippen LogP contribution >= 0.6 is 11.6 Å². The van der Waals surface area contributed by atoms with Crippen molar-refractivity contribution in [2.24, 2.45) is 5.92 Å². The Labute approximate surface area is 194 Å². The number of carbonyl (C=O) groups is 1. The molecule has 1 aromatic heterocycles. The summed E-state index contributed by atoms with van der Waals surface area (Å²) in [5.74, 6) is 0.907. The van der Waals surface area contributed by atoms with Crippen molar-refractivity contribution in [3.63, 3.8) is 0 Å². The Morgan fingerprint density at radius 3 is 2.53 bits per heavy atom. The van der Waals surface area contributed by atoms with Crippen molar-refractivity contribution < 1.29 is 18.7 Å². The second-order valence-electron chi connectivity index (χ2n) is 8.41. The Kier molecular flexibility index (Phi) is 9.27. The molecule has 1 aliphatic rings. The number of ether oxygens (including phenoxy) is 2. The van der Waals surface area contributed by atoms with Crippen LogP contribution in [0.1, 0.15) is 64.4 Å². The lowest BCUT2D eigenvalue weighted by Crippen LogP contribution is -2.30. The topological polar surface area (TPSA) is 61.3 Å². The molecule has 174 valence electrons. The van der Waals surface area contributed by atoms with Crippen molar-refractivity contribution in [3.8, 4) is 17.1 Å². The number of nitrogens with zero attached hydrogens (tertiary/aromatic N) is 2. The molecule has 0 radical (unpaired) electrons. The van der Waals surface area contributed by atoms with E-state index in [0.717, 1.165) is 49.7 Å². The highest BCUT2D eigenvalue weighted by Gasteiger charge is 2.27. The van der Waals surface area contributed by atoms with Gasteiger partial charge in [0.2, 0.25) is 0 Å². The minimum Gasteiger partial charge on any atom is -0.492 e. The summed E-state index contributed by atoms with van der Waals surface area (Å²) < 4.78 is 25.1. The number of hydrogen-bond acceptors (Lipinski definition) is 5. The maximum Gasteiger partial charge on any atom is 0.340 e. The quantitative estimate of drug-likeness (QED) is 0.384. The van der Waals surface area contributed by atoms with Crippen molar-refractivity contribution in [2.75, 3.05) is 6.61 Å². The zero-order chi connectivity index (χ0) is 22.9. The summed E-state index contributed by atoms with van der Waals surface area (Å²) in [5, 5.41) is 0.523. The number of hydrogen-bond donors (Lipinski definition) is 0. The predicted octanol–water partition coefficient (Wildman–Crippen LogP) is 6.37. The summed E-state index contributed by atoms with van der Waals surface area (Å²) in [4.78, 5) is 20.6. The van der Waals surface area contributed by atoms with Gasteiger partial charge in [-0.25, -0.2) is 19.2 Å². The van der Waals surface area contributed by atoms with Gasteiger partial charge in [-0.05, 0) is 68.2 Å². The maximum absolute atomic E-state index is 13.8. The van der Waals surface area contributed by atoms with E-state index in [1.807, 2.05) is 37.5 Å². The molecule has 1 saturated carbocycles. The van der Waals surface area contributed by atoms with Crippen molar-refractivity contribution in [2.45, 2.75) is 77.5 Å². The van der Waals surface area contributed by atoms with Crippen LogP contribution in [0, 0.1) is 5.92 Å². The summed E-state index contributed by atoms with van der Waals surface area (Å²) in [7, 11) is 0. The molecule has 0 unspecified atom stereocenters. The lowest BCUT2D eigenvalue weighted by Gasteiger charge is -2.28. The smallest absolute Gasteiger partial charge is 0.340 e. The molecule has 1 aliphatic carbocycles. The minimum atomic E-state index is -1.50. The molecule has 1 heterocycles. The molecule has 1 aromatic carbocycles. The molecule has 0 saturated heterocycles. The van der Waals surface area contributed by atoms with E-state index >= 15 is 0 Å². The summed E-state index contributed by atoms with van der Waals surface area (Å²) in [6, 6.07) is 5.57. The highest BCUT2D eigenvalue weighted by molar-refractivity contribution is 6.32. The molecule has 2 aromatic rings. The molecular weight excluding hydrogens is 431 g/mol. The second kappa shape index (κ2) is 12.1. The average molecular weight is 463 g/mol. The third kappa shape index (κ3) is 6.89. The van der Waals surface area contributed by atoms with Gasteiger partial charge in [0.05, 0.1) is 11.6 Å². The molecule has 32 heavy (non-hydrogen) atoms. The number of benzene rings is 1. The van der Waals surface area contributed by atoms with Gasteiger partial charge in [-0.1, -0.05) is 38.3 Å². The number of aryl methyl sites for hydroxylation is 1. The zero-order valence-corrected chi connectivity index (χ0v) is 19.6. The van der Waals surface area contributed by atoms with Gasteiger partial charge in [0.25, 0.3) is 0 Å². The van der Waals surface area contributed by atoms with Crippen LogP contribution in [-0.2, 0) is 16.0 Å². The van der Waals surface area contributed by atoms with E-state index < -0.39 is 12.1 Å². The third-order valence-corrected chi connectivity index (χ3v) is 6.22. The Hall–Kier alpha value is -2.21. The van der Waals surface area contributed by atoms with Crippen LogP contribution in [0.5, 0.6) is 5.75 Å². The van der Waals surface area contributed by atoms with E-state index in [1.165, 1.54) is 0 Å².